The van der Waals surface area contributed by atoms with Gasteiger partial charge < -0.3 is 5.32 Å². The second-order valence-electron chi connectivity index (χ2n) is 3.92. The van der Waals surface area contributed by atoms with Crippen LogP contribution in [-0.4, -0.2) is 22.0 Å². The zero-order chi connectivity index (χ0) is 10.9. The average molecular weight is 210 g/mol. The number of aryl methyl sites for hydroxylation is 1. The molecule has 0 aliphatic rings. The molecule has 4 nitrogen and oxygen atoms in total. The monoisotopic (exact) mass is 210 g/mol. The van der Waals surface area contributed by atoms with Crippen LogP contribution in [0.4, 0.5) is 0 Å². The van der Waals surface area contributed by atoms with Crippen LogP contribution in [0, 0.1) is 0 Å². The first-order valence-electron chi connectivity index (χ1n) is 5.90. The van der Waals surface area contributed by atoms with Gasteiger partial charge in [-0.15, -0.1) is 5.10 Å². The van der Waals surface area contributed by atoms with Gasteiger partial charge in [-0.2, -0.15) is 0 Å². The third kappa shape index (κ3) is 4.93. The third-order valence-electron chi connectivity index (χ3n) is 2.43. The summed E-state index contributed by atoms with van der Waals surface area (Å²) >= 11 is 0. The van der Waals surface area contributed by atoms with E-state index >= 15 is 0 Å². The highest BCUT2D eigenvalue weighted by atomic mass is 15.4. The predicted molar refractivity (Wildman–Crippen MR) is 61.5 cm³/mol. The van der Waals surface area contributed by atoms with Crippen LogP contribution in [-0.2, 0) is 13.1 Å². The zero-order valence-corrected chi connectivity index (χ0v) is 9.87. The molecule has 86 valence electrons. The van der Waals surface area contributed by atoms with E-state index in [-0.39, 0.29) is 0 Å². The largest absolute Gasteiger partial charge is 0.314 e. The minimum absolute atomic E-state index is 0.801. The third-order valence-corrected chi connectivity index (χ3v) is 2.43. The molecule has 0 aliphatic heterocycles. The summed E-state index contributed by atoms with van der Waals surface area (Å²) in [5, 5.41) is 11.2. The number of hydrogen-bond acceptors (Lipinski definition) is 3. The minimum atomic E-state index is 0.801. The number of unbranched alkanes of at least 4 members (excludes halogenated alkanes) is 4. The number of aromatic nitrogens is 3. The maximum atomic E-state index is 4.08. The van der Waals surface area contributed by atoms with Gasteiger partial charge in [0.2, 0.25) is 0 Å². The standard InChI is InChI=1S/C11H22N4/c1-3-4-5-6-7-8-15-10-11(9-12-2)13-14-15/h10,12H,3-9H2,1-2H3. The normalized spacial score (nSPS) is 10.8. The van der Waals surface area contributed by atoms with Crippen molar-refractivity contribution in [2.45, 2.75) is 52.1 Å². The van der Waals surface area contributed by atoms with Gasteiger partial charge in [0.25, 0.3) is 0 Å². The van der Waals surface area contributed by atoms with E-state index in [4.69, 9.17) is 0 Å². The van der Waals surface area contributed by atoms with Crippen LogP contribution < -0.4 is 5.32 Å². The van der Waals surface area contributed by atoms with Gasteiger partial charge in [0.15, 0.2) is 0 Å². The van der Waals surface area contributed by atoms with Crippen LogP contribution in [0.2, 0.25) is 0 Å². The van der Waals surface area contributed by atoms with Gasteiger partial charge in [0.1, 0.15) is 0 Å². The topological polar surface area (TPSA) is 42.7 Å². The van der Waals surface area contributed by atoms with Gasteiger partial charge >= 0.3 is 0 Å². The molecular weight excluding hydrogens is 188 g/mol. The second kappa shape index (κ2) is 7.40. The van der Waals surface area contributed by atoms with Crippen molar-refractivity contribution in [2.24, 2.45) is 0 Å². The van der Waals surface area contributed by atoms with Gasteiger partial charge in [-0.25, -0.2) is 0 Å². The van der Waals surface area contributed by atoms with Gasteiger partial charge in [0, 0.05) is 19.3 Å². The van der Waals surface area contributed by atoms with E-state index in [1.807, 2.05) is 17.9 Å². The molecule has 1 heterocycles. The lowest BCUT2D eigenvalue weighted by Gasteiger charge is -1.99. The Morgan fingerprint density at radius 2 is 2.07 bits per heavy atom. The van der Waals surface area contributed by atoms with E-state index in [2.05, 4.69) is 22.6 Å². The Kier molecular flexibility index (Phi) is 6.00. The summed E-state index contributed by atoms with van der Waals surface area (Å²) in [6.07, 6.45) is 8.53. The van der Waals surface area contributed by atoms with Crippen molar-refractivity contribution in [3.8, 4) is 0 Å². The second-order valence-corrected chi connectivity index (χ2v) is 3.92. The first kappa shape index (κ1) is 12.2. The fourth-order valence-electron chi connectivity index (χ4n) is 1.59. The van der Waals surface area contributed by atoms with Crippen LogP contribution in [0.3, 0.4) is 0 Å². The molecule has 0 unspecified atom stereocenters. The Balaban J connectivity index is 2.14. The molecule has 0 spiro atoms. The molecule has 0 fully saturated rings. The summed E-state index contributed by atoms with van der Waals surface area (Å²) in [5.74, 6) is 0. The van der Waals surface area contributed by atoms with E-state index < -0.39 is 0 Å². The quantitative estimate of drug-likeness (QED) is 0.667. The van der Waals surface area contributed by atoms with Crippen LogP contribution in [0.25, 0.3) is 0 Å². The number of nitrogens with one attached hydrogen (secondary N) is 1. The molecule has 0 aliphatic carbocycles. The van der Waals surface area contributed by atoms with Crippen molar-refractivity contribution >= 4 is 0 Å². The highest BCUT2D eigenvalue weighted by Gasteiger charge is 1.98. The first-order valence-corrected chi connectivity index (χ1v) is 5.90. The van der Waals surface area contributed by atoms with E-state index in [1.54, 1.807) is 0 Å². The lowest BCUT2D eigenvalue weighted by Crippen LogP contribution is -2.05. The Bertz CT molecular complexity index is 257. The maximum absolute atomic E-state index is 4.08. The van der Waals surface area contributed by atoms with Crippen LogP contribution in [0.15, 0.2) is 6.20 Å². The summed E-state index contributed by atoms with van der Waals surface area (Å²) in [5.41, 5.74) is 1.02. The van der Waals surface area contributed by atoms with Crippen molar-refractivity contribution in [1.29, 1.82) is 0 Å². The zero-order valence-electron chi connectivity index (χ0n) is 9.87. The van der Waals surface area contributed by atoms with Crippen LogP contribution in [0.5, 0.6) is 0 Å². The van der Waals surface area contributed by atoms with Crippen molar-refractivity contribution in [3.05, 3.63) is 11.9 Å². The van der Waals surface area contributed by atoms with E-state index in [1.165, 1.54) is 32.1 Å². The first-order chi connectivity index (χ1) is 7.36. The Hall–Kier alpha value is -0.900. The number of rotatable bonds is 8. The highest BCUT2D eigenvalue weighted by Crippen LogP contribution is 2.04. The predicted octanol–water partition coefficient (Wildman–Crippen LogP) is 1.97. The SMILES string of the molecule is CCCCCCCn1cc(CNC)nn1. The molecule has 0 amide bonds. The average Bonchev–Trinajstić information content (AvgIpc) is 2.66. The summed E-state index contributed by atoms with van der Waals surface area (Å²) in [4.78, 5) is 0. The number of hydrogen-bond donors (Lipinski definition) is 1. The van der Waals surface area contributed by atoms with Crippen molar-refractivity contribution in [2.75, 3.05) is 7.05 Å². The van der Waals surface area contributed by atoms with Gasteiger partial charge in [-0.1, -0.05) is 37.8 Å². The van der Waals surface area contributed by atoms with Crippen LogP contribution >= 0.6 is 0 Å². The molecule has 0 radical (unpaired) electrons. The molecular formula is C11H22N4. The van der Waals surface area contributed by atoms with E-state index in [0.717, 1.165) is 18.8 Å². The van der Waals surface area contributed by atoms with E-state index in [0.29, 0.717) is 0 Å². The van der Waals surface area contributed by atoms with E-state index in [9.17, 15) is 0 Å². The van der Waals surface area contributed by atoms with Crippen molar-refractivity contribution < 1.29 is 0 Å². The smallest absolute Gasteiger partial charge is 0.0964 e. The fraction of sp³-hybridized carbons (Fsp3) is 0.818. The Labute approximate surface area is 92.1 Å². The molecule has 0 saturated heterocycles. The lowest BCUT2D eigenvalue weighted by molar-refractivity contribution is 0.521. The molecule has 1 rings (SSSR count). The molecule has 0 bridgehead atoms. The molecule has 0 aromatic carbocycles. The summed E-state index contributed by atoms with van der Waals surface area (Å²) in [7, 11) is 1.92. The Morgan fingerprint density at radius 1 is 1.27 bits per heavy atom. The Morgan fingerprint density at radius 3 is 2.80 bits per heavy atom. The van der Waals surface area contributed by atoms with Crippen LogP contribution in [0.1, 0.15) is 44.7 Å². The van der Waals surface area contributed by atoms with Gasteiger partial charge in [-0.05, 0) is 13.5 Å². The fourth-order valence-corrected chi connectivity index (χ4v) is 1.59. The molecule has 4 heteroatoms. The molecule has 0 saturated carbocycles. The van der Waals surface area contributed by atoms with Crippen molar-refractivity contribution in [3.63, 3.8) is 0 Å². The van der Waals surface area contributed by atoms with Gasteiger partial charge in [-0.3, -0.25) is 4.68 Å². The molecule has 0 atom stereocenters. The minimum Gasteiger partial charge on any atom is -0.314 e. The molecule has 1 N–H and O–H groups in total. The lowest BCUT2D eigenvalue weighted by atomic mass is 10.1. The molecule has 1 aromatic rings. The summed E-state index contributed by atoms with van der Waals surface area (Å²) in [6.45, 7) is 4.04. The van der Waals surface area contributed by atoms with Gasteiger partial charge in [0.05, 0.1) is 5.69 Å². The maximum Gasteiger partial charge on any atom is 0.0964 e. The highest BCUT2D eigenvalue weighted by molar-refractivity contribution is 4.90. The number of nitrogens with zero attached hydrogens (tertiary/aromatic N) is 3. The van der Waals surface area contributed by atoms with Crippen molar-refractivity contribution in [1.82, 2.24) is 20.3 Å². The molecule has 15 heavy (non-hydrogen) atoms. The molecule has 1 aromatic heterocycles. The summed E-state index contributed by atoms with van der Waals surface area (Å²) < 4.78 is 1.94. The summed E-state index contributed by atoms with van der Waals surface area (Å²) in [6, 6.07) is 0.